The van der Waals surface area contributed by atoms with Crippen molar-refractivity contribution >= 4 is 21.6 Å². The van der Waals surface area contributed by atoms with E-state index in [9.17, 15) is 18.0 Å². The average Bonchev–Trinajstić information content (AvgIpc) is 3.20. The predicted octanol–water partition coefficient (Wildman–Crippen LogP) is 2.11. The number of aryl methyl sites for hydroxylation is 1. The van der Waals surface area contributed by atoms with E-state index in [1.165, 1.54) is 6.08 Å². The molecule has 1 fully saturated rings. The normalized spacial score (nSPS) is 21.8. The molecule has 1 aromatic rings. The summed E-state index contributed by atoms with van der Waals surface area (Å²) in [6, 6.07) is 2.33. The Kier molecular flexibility index (Phi) is 4.38. The standard InChI is InChI=1S/C17H21NO5S/c1-11-7-15(12(2)18(11)14-3-4-14)16(19)9-23-17(20)8-13-5-6-24(21,22)10-13/h5-7,13-14H,3-4,8-10H2,1-2H3. The van der Waals surface area contributed by atoms with Gasteiger partial charge in [-0.2, -0.15) is 0 Å². The molecule has 3 rings (SSSR count). The van der Waals surface area contributed by atoms with Gasteiger partial charge in [-0.3, -0.25) is 9.59 Å². The molecule has 24 heavy (non-hydrogen) atoms. The van der Waals surface area contributed by atoms with Crippen molar-refractivity contribution < 1.29 is 22.7 Å². The number of ether oxygens (including phenoxy) is 1. The zero-order valence-electron chi connectivity index (χ0n) is 13.8. The highest BCUT2D eigenvalue weighted by Gasteiger charge is 2.29. The Hall–Kier alpha value is -1.89. The SMILES string of the molecule is Cc1cc(C(=O)COC(=O)CC2C=CS(=O)(=O)C2)c(C)n1C1CC1. The van der Waals surface area contributed by atoms with Gasteiger partial charge in [0, 0.05) is 34.3 Å². The van der Waals surface area contributed by atoms with E-state index in [0.29, 0.717) is 11.6 Å². The van der Waals surface area contributed by atoms with Crippen LogP contribution in [0, 0.1) is 19.8 Å². The first-order chi connectivity index (χ1) is 11.3. The molecule has 1 aliphatic carbocycles. The fourth-order valence-corrected chi connectivity index (χ4v) is 4.62. The summed E-state index contributed by atoms with van der Waals surface area (Å²) in [6.45, 7) is 3.58. The molecule has 0 bridgehead atoms. The second-order valence-electron chi connectivity index (χ2n) is 6.59. The van der Waals surface area contributed by atoms with E-state index in [1.54, 1.807) is 0 Å². The average molecular weight is 351 g/mol. The van der Waals surface area contributed by atoms with Gasteiger partial charge in [-0.25, -0.2) is 8.42 Å². The Morgan fingerprint density at radius 2 is 2.00 bits per heavy atom. The molecule has 0 N–H and O–H groups in total. The Bertz CT molecular complexity index is 814. The molecule has 1 unspecified atom stereocenters. The van der Waals surface area contributed by atoms with Gasteiger partial charge in [0.05, 0.1) is 12.2 Å². The van der Waals surface area contributed by atoms with Crippen molar-refractivity contribution in [3.05, 3.63) is 34.5 Å². The van der Waals surface area contributed by atoms with Crippen molar-refractivity contribution in [2.45, 2.75) is 39.2 Å². The fourth-order valence-electron chi connectivity index (χ4n) is 3.22. The van der Waals surface area contributed by atoms with Crippen molar-refractivity contribution in [2.24, 2.45) is 5.92 Å². The van der Waals surface area contributed by atoms with E-state index < -0.39 is 15.8 Å². The molecule has 0 radical (unpaired) electrons. The smallest absolute Gasteiger partial charge is 0.306 e. The zero-order valence-corrected chi connectivity index (χ0v) is 14.6. The summed E-state index contributed by atoms with van der Waals surface area (Å²) in [5, 5.41) is 1.13. The number of rotatable bonds is 6. The van der Waals surface area contributed by atoms with E-state index in [4.69, 9.17) is 4.74 Å². The number of carbonyl (C=O) groups excluding carboxylic acids is 2. The Labute approximate surface area is 141 Å². The summed E-state index contributed by atoms with van der Waals surface area (Å²) in [6.07, 6.45) is 3.75. The molecule has 1 atom stereocenters. The lowest BCUT2D eigenvalue weighted by molar-refractivity contribution is -0.143. The largest absolute Gasteiger partial charge is 0.457 e. The van der Waals surface area contributed by atoms with Crippen LogP contribution >= 0.6 is 0 Å². The minimum atomic E-state index is -3.18. The highest BCUT2D eigenvalue weighted by Crippen LogP contribution is 2.38. The fraction of sp³-hybridized carbons (Fsp3) is 0.529. The topological polar surface area (TPSA) is 82.4 Å². The minimum absolute atomic E-state index is 0.0237. The van der Waals surface area contributed by atoms with E-state index in [2.05, 4.69) is 4.57 Å². The Balaban J connectivity index is 1.55. The maximum absolute atomic E-state index is 12.3. The van der Waals surface area contributed by atoms with Crippen LogP contribution in [0.3, 0.4) is 0 Å². The molecule has 1 saturated carbocycles. The first-order valence-corrected chi connectivity index (χ1v) is 9.76. The van der Waals surface area contributed by atoms with Crippen LogP contribution in [0.15, 0.2) is 17.6 Å². The van der Waals surface area contributed by atoms with Crippen molar-refractivity contribution in [3.8, 4) is 0 Å². The zero-order chi connectivity index (χ0) is 17.5. The molecule has 0 spiro atoms. The molecular formula is C17H21NO5S. The van der Waals surface area contributed by atoms with Gasteiger partial charge in [0.2, 0.25) is 5.78 Å². The summed E-state index contributed by atoms with van der Waals surface area (Å²) in [5.74, 6) is -1.21. The van der Waals surface area contributed by atoms with Gasteiger partial charge < -0.3 is 9.30 Å². The molecule has 0 aromatic carbocycles. The van der Waals surface area contributed by atoms with Gasteiger partial charge in [-0.1, -0.05) is 6.08 Å². The number of carbonyl (C=O) groups is 2. The molecule has 0 saturated heterocycles. The number of allylic oxidation sites excluding steroid dienone is 1. The van der Waals surface area contributed by atoms with Crippen molar-refractivity contribution in [1.82, 2.24) is 4.57 Å². The van der Waals surface area contributed by atoms with Gasteiger partial charge in [-0.15, -0.1) is 0 Å². The molecule has 1 aromatic heterocycles. The number of hydrogen-bond acceptors (Lipinski definition) is 5. The van der Waals surface area contributed by atoms with Crippen LogP contribution in [0.4, 0.5) is 0 Å². The highest BCUT2D eigenvalue weighted by atomic mass is 32.2. The van der Waals surface area contributed by atoms with Gasteiger partial charge >= 0.3 is 5.97 Å². The van der Waals surface area contributed by atoms with E-state index in [-0.39, 0.29) is 30.5 Å². The number of esters is 1. The Morgan fingerprint density at radius 1 is 1.29 bits per heavy atom. The molecule has 2 heterocycles. The lowest BCUT2D eigenvalue weighted by atomic mass is 10.1. The van der Waals surface area contributed by atoms with Crippen LogP contribution in [-0.2, 0) is 19.4 Å². The summed E-state index contributed by atoms with van der Waals surface area (Å²) in [5.41, 5.74) is 2.56. The molecule has 7 heteroatoms. The summed E-state index contributed by atoms with van der Waals surface area (Å²) >= 11 is 0. The maximum Gasteiger partial charge on any atom is 0.306 e. The predicted molar refractivity (Wildman–Crippen MR) is 88.5 cm³/mol. The van der Waals surface area contributed by atoms with Gasteiger partial charge in [-0.05, 0) is 32.8 Å². The molecule has 6 nitrogen and oxygen atoms in total. The molecule has 1 aliphatic heterocycles. The summed E-state index contributed by atoms with van der Waals surface area (Å²) in [4.78, 5) is 24.1. The Morgan fingerprint density at radius 3 is 2.58 bits per heavy atom. The number of ketones is 1. The third-order valence-electron chi connectivity index (χ3n) is 4.49. The lowest BCUT2D eigenvalue weighted by Gasteiger charge is -2.09. The van der Waals surface area contributed by atoms with E-state index in [0.717, 1.165) is 29.6 Å². The second-order valence-corrected chi connectivity index (χ2v) is 8.52. The highest BCUT2D eigenvalue weighted by molar-refractivity contribution is 7.94. The van der Waals surface area contributed by atoms with Crippen LogP contribution in [0.2, 0.25) is 0 Å². The molecule has 130 valence electrons. The van der Waals surface area contributed by atoms with Crippen LogP contribution in [0.25, 0.3) is 0 Å². The van der Waals surface area contributed by atoms with Crippen LogP contribution < -0.4 is 0 Å². The molecule has 0 amide bonds. The third-order valence-corrected chi connectivity index (χ3v) is 5.96. The quantitative estimate of drug-likeness (QED) is 0.579. The monoisotopic (exact) mass is 351 g/mol. The first kappa shape index (κ1) is 17.0. The first-order valence-electron chi connectivity index (χ1n) is 8.05. The van der Waals surface area contributed by atoms with Gasteiger partial charge in [0.25, 0.3) is 0 Å². The maximum atomic E-state index is 12.3. The van der Waals surface area contributed by atoms with Crippen LogP contribution in [0.1, 0.15) is 47.1 Å². The molecular weight excluding hydrogens is 330 g/mol. The number of aromatic nitrogens is 1. The number of sulfone groups is 1. The van der Waals surface area contributed by atoms with Crippen LogP contribution in [-0.4, -0.2) is 37.1 Å². The minimum Gasteiger partial charge on any atom is -0.457 e. The summed E-state index contributed by atoms with van der Waals surface area (Å²) < 4.78 is 29.8. The second kappa shape index (κ2) is 6.20. The third kappa shape index (κ3) is 3.61. The lowest BCUT2D eigenvalue weighted by Crippen LogP contribution is -2.18. The van der Waals surface area contributed by atoms with Crippen molar-refractivity contribution in [1.29, 1.82) is 0 Å². The van der Waals surface area contributed by atoms with E-state index in [1.807, 2.05) is 19.9 Å². The van der Waals surface area contributed by atoms with Gasteiger partial charge in [0.15, 0.2) is 16.4 Å². The summed E-state index contributed by atoms with van der Waals surface area (Å²) in [7, 11) is -3.18. The number of Topliss-reactive ketones (excluding diaryl/α,β-unsaturated/α-hetero) is 1. The van der Waals surface area contributed by atoms with Crippen molar-refractivity contribution in [2.75, 3.05) is 12.4 Å². The van der Waals surface area contributed by atoms with Gasteiger partial charge in [0.1, 0.15) is 0 Å². The number of hydrogen-bond donors (Lipinski definition) is 0. The molecule has 2 aliphatic rings. The van der Waals surface area contributed by atoms with Crippen LogP contribution in [0.5, 0.6) is 0 Å². The van der Waals surface area contributed by atoms with E-state index >= 15 is 0 Å². The van der Waals surface area contributed by atoms with Crippen molar-refractivity contribution in [3.63, 3.8) is 0 Å². The number of nitrogens with zero attached hydrogens (tertiary/aromatic N) is 1.